The maximum atomic E-state index is 9.54. The van der Waals surface area contributed by atoms with E-state index in [1.165, 1.54) is 11.3 Å². The molecule has 3 nitrogen and oxygen atoms in total. The summed E-state index contributed by atoms with van der Waals surface area (Å²) in [6, 6.07) is 0.155. The second-order valence-electron chi connectivity index (χ2n) is 3.22. The van der Waals surface area contributed by atoms with E-state index in [0.29, 0.717) is 5.15 Å². The quantitative estimate of drug-likeness (QED) is 0.800. The van der Waals surface area contributed by atoms with E-state index < -0.39 is 0 Å². The van der Waals surface area contributed by atoms with Crippen LogP contribution in [0.2, 0.25) is 5.15 Å². The van der Waals surface area contributed by atoms with Gasteiger partial charge in [-0.05, 0) is 19.3 Å². The highest BCUT2D eigenvalue weighted by Gasteiger charge is 2.25. The summed E-state index contributed by atoms with van der Waals surface area (Å²) in [4.78, 5) is 4.07. The van der Waals surface area contributed by atoms with Crippen LogP contribution in [0.5, 0.6) is 0 Å². The number of rotatable bonds is 2. The molecule has 0 amide bonds. The molecule has 0 radical (unpaired) electrons. The van der Waals surface area contributed by atoms with E-state index in [1.54, 1.807) is 5.38 Å². The Morgan fingerprint density at radius 3 is 3.00 bits per heavy atom. The first-order valence-electron chi connectivity index (χ1n) is 4.31. The zero-order chi connectivity index (χ0) is 9.26. The molecule has 1 saturated carbocycles. The third-order valence-electron chi connectivity index (χ3n) is 2.26. The average Bonchev–Trinajstić information content (AvgIpc) is 2.64. The van der Waals surface area contributed by atoms with Crippen molar-refractivity contribution in [1.29, 1.82) is 0 Å². The Kier molecular flexibility index (Phi) is 2.71. The van der Waals surface area contributed by atoms with Gasteiger partial charge in [-0.1, -0.05) is 11.6 Å². The van der Waals surface area contributed by atoms with E-state index in [-0.39, 0.29) is 12.1 Å². The van der Waals surface area contributed by atoms with Gasteiger partial charge in [0.2, 0.25) is 0 Å². The maximum absolute atomic E-state index is 9.54. The molecule has 1 aromatic rings. The zero-order valence-electron chi connectivity index (χ0n) is 7.03. The number of anilines is 1. The summed E-state index contributed by atoms with van der Waals surface area (Å²) in [5, 5.41) is 15.8. The third kappa shape index (κ3) is 2.13. The number of nitrogens with zero attached hydrogens (tertiary/aromatic N) is 1. The minimum absolute atomic E-state index is 0.155. The Bertz CT molecular complexity index is 291. The molecule has 1 fully saturated rings. The molecule has 13 heavy (non-hydrogen) atoms. The summed E-state index contributed by atoms with van der Waals surface area (Å²) in [5.74, 6) is 0. The second-order valence-corrected chi connectivity index (χ2v) is 4.47. The molecular formula is C8H11ClN2OS. The van der Waals surface area contributed by atoms with Crippen molar-refractivity contribution >= 4 is 28.1 Å². The van der Waals surface area contributed by atoms with Crippen LogP contribution in [0.3, 0.4) is 0 Å². The Morgan fingerprint density at radius 1 is 1.62 bits per heavy atom. The number of hydrogen-bond acceptors (Lipinski definition) is 4. The van der Waals surface area contributed by atoms with Crippen LogP contribution in [-0.4, -0.2) is 22.2 Å². The lowest BCUT2D eigenvalue weighted by Crippen LogP contribution is -2.27. The van der Waals surface area contributed by atoms with Crippen molar-refractivity contribution in [3.8, 4) is 0 Å². The molecule has 2 unspecified atom stereocenters. The minimum Gasteiger partial charge on any atom is -0.391 e. The summed E-state index contributed by atoms with van der Waals surface area (Å²) in [6.45, 7) is 0. The van der Waals surface area contributed by atoms with E-state index in [9.17, 15) is 5.11 Å². The van der Waals surface area contributed by atoms with Crippen molar-refractivity contribution in [2.24, 2.45) is 0 Å². The van der Waals surface area contributed by atoms with Gasteiger partial charge in [-0.2, -0.15) is 0 Å². The second kappa shape index (κ2) is 3.82. The highest BCUT2D eigenvalue weighted by molar-refractivity contribution is 7.14. The fourth-order valence-electron chi connectivity index (χ4n) is 1.59. The summed E-state index contributed by atoms with van der Waals surface area (Å²) < 4.78 is 0. The number of aliphatic hydroxyl groups excluding tert-OH is 1. The highest BCUT2D eigenvalue weighted by atomic mass is 35.5. The number of hydrogen-bond donors (Lipinski definition) is 2. The molecule has 1 aliphatic carbocycles. The van der Waals surface area contributed by atoms with Crippen LogP contribution in [-0.2, 0) is 0 Å². The molecule has 2 atom stereocenters. The average molecular weight is 219 g/mol. The number of aromatic nitrogens is 1. The van der Waals surface area contributed by atoms with Crippen LogP contribution in [0.4, 0.5) is 5.13 Å². The van der Waals surface area contributed by atoms with E-state index >= 15 is 0 Å². The monoisotopic (exact) mass is 218 g/mol. The fourth-order valence-corrected chi connectivity index (χ4v) is 2.49. The van der Waals surface area contributed by atoms with Crippen molar-refractivity contribution in [3.05, 3.63) is 10.5 Å². The summed E-state index contributed by atoms with van der Waals surface area (Å²) >= 11 is 7.15. The Labute approximate surface area is 85.8 Å². The minimum atomic E-state index is -0.234. The van der Waals surface area contributed by atoms with Crippen molar-refractivity contribution in [2.75, 3.05) is 5.32 Å². The molecule has 0 aliphatic heterocycles. The van der Waals surface area contributed by atoms with E-state index in [4.69, 9.17) is 11.6 Å². The molecule has 0 aromatic carbocycles. The van der Waals surface area contributed by atoms with Crippen LogP contribution in [0.1, 0.15) is 19.3 Å². The Balaban J connectivity index is 1.97. The summed E-state index contributed by atoms with van der Waals surface area (Å²) in [7, 11) is 0. The van der Waals surface area contributed by atoms with Crippen LogP contribution >= 0.6 is 22.9 Å². The molecule has 1 heterocycles. The first-order valence-corrected chi connectivity index (χ1v) is 5.57. The van der Waals surface area contributed by atoms with Gasteiger partial charge in [0.1, 0.15) is 5.15 Å². The van der Waals surface area contributed by atoms with Gasteiger partial charge in [0, 0.05) is 5.38 Å². The molecule has 2 N–H and O–H groups in total. The topological polar surface area (TPSA) is 45.1 Å². The molecular weight excluding hydrogens is 208 g/mol. The lowest BCUT2D eigenvalue weighted by Gasteiger charge is -2.14. The van der Waals surface area contributed by atoms with Gasteiger partial charge in [-0.3, -0.25) is 0 Å². The first kappa shape index (κ1) is 9.24. The summed E-state index contributed by atoms with van der Waals surface area (Å²) in [6.07, 6.45) is 2.75. The van der Waals surface area contributed by atoms with Crippen LogP contribution in [0.15, 0.2) is 5.38 Å². The molecule has 1 aromatic heterocycles. The molecule has 0 spiro atoms. The van der Waals surface area contributed by atoms with Gasteiger partial charge >= 0.3 is 0 Å². The van der Waals surface area contributed by atoms with Gasteiger partial charge in [0.25, 0.3) is 0 Å². The number of halogens is 1. The molecule has 2 rings (SSSR count). The SMILES string of the molecule is OC1CCCC1Nc1nc(Cl)cs1. The largest absolute Gasteiger partial charge is 0.391 e. The first-order chi connectivity index (χ1) is 6.25. The number of thiazole rings is 1. The van der Waals surface area contributed by atoms with Gasteiger partial charge in [0.05, 0.1) is 12.1 Å². The molecule has 5 heteroatoms. The van der Waals surface area contributed by atoms with Crippen molar-refractivity contribution in [1.82, 2.24) is 4.98 Å². The van der Waals surface area contributed by atoms with E-state index in [1.807, 2.05) is 0 Å². The number of aliphatic hydroxyl groups is 1. The normalized spacial score (nSPS) is 27.8. The molecule has 72 valence electrons. The highest BCUT2D eigenvalue weighted by Crippen LogP contribution is 2.25. The smallest absolute Gasteiger partial charge is 0.184 e. The standard InChI is InChI=1S/C8H11ClN2OS/c9-7-4-13-8(11-7)10-5-2-1-3-6(5)12/h4-6,12H,1-3H2,(H,10,11). The van der Waals surface area contributed by atoms with Gasteiger partial charge < -0.3 is 10.4 Å². The van der Waals surface area contributed by atoms with Crippen LogP contribution < -0.4 is 5.32 Å². The lowest BCUT2D eigenvalue weighted by atomic mass is 10.2. The van der Waals surface area contributed by atoms with Gasteiger partial charge in [-0.15, -0.1) is 11.3 Å². The molecule has 1 aliphatic rings. The van der Waals surface area contributed by atoms with Crippen molar-refractivity contribution in [3.63, 3.8) is 0 Å². The fraction of sp³-hybridized carbons (Fsp3) is 0.625. The van der Waals surface area contributed by atoms with Crippen molar-refractivity contribution in [2.45, 2.75) is 31.4 Å². The summed E-state index contributed by atoms with van der Waals surface area (Å²) in [5.41, 5.74) is 0. The molecule has 0 saturated heterocycles. The van der Waals surface area contributed by atoms with E-state index in [2.05, 4.69) is 10.3 Å². The Morgan fingerprint density at radius 2 is 2.46 bits per heavy atom. The van der Waals surface area contributed by atoms with Crippen LogP contribution in [0.25, 0.3) is 0 Å². The van der Waals surface area contributed by atoms with Crippen molar-refractivity contribution < 1.29 is 5.11 Å². The predicted octanol–water partition coefficient (Wildman–Crippen LogP) is 2.12. The zero-order valence-corrected chi connectivity index (χ0v) is 8.61. The predicted molar refractivity (Wildman–Crippen MR) is 54.4 cm³/mol. The number of nitrogens with one attached hydrogen (secondary N) is 1. The maximum Gasteiger partial charge on any atom is 0.184 e. The van der Waals surface area contributed by atoms with E-state index in [0.717, 1.165) is 24.4 Å². The lowest BCUT2D eigenvalue weighted by molar-refractivity contribution is 0.172. The Hall–Kier alpha value is -0.320. The van der Waals surface area contributed by atoms with Gasteiger partial charge in [-0.25, -0.2) is 4.98 Å². The molecule has 0 bridgehead atoms. The van der Waals surface area contributed by atoms with Gasteiger partial charge in [0.15, 0.2) is 5.13 Å². The van der Waals surface area contributed by atoms with Crippen LogP contribution in [0, 0.1) is 0 Å². The third-order valence-corrected chi connectivity index (χ3v) is 3.36.